The third-order valence-electron chi connectivity index (χ3n) is 4.23. The van der Waals surface area contributed by atoms with Gasteiger partial charge in [0.15, 0.2) is 0 Å². The van der Waals surface area contributed by atoms with Gasteiger partial charge in [-0.2, -0.15) is 0 Å². The van der Waals surface area contributed by atoms with E-state index >= 15 is 0 Å². The van der Waals surface area contributed by atoms with Crippen molar-refractivity contribution < 1.29 is 4.39 Å². The summed E-state index contributed by atoms with van der Waals surface area (Å²) in [6.45, 7) is 7.20. The quantitative estimate of drug-likeness (QED) is 0.849. The third kappa shape index (κ3) is 2.84. The van der Waals surface area contributed by atoms with Gasteiger partial charge in [-0.15, -0.1) is 0 Å². The number of piperazine rings is 1. The molecule has 4 heteroatoms. The summed E-state index contributed by atoms with van der Waals surface area (Å²) in [5.41, 5.74) is 8.17. The third-order valence-corrected chi connectivity index (χ3v) is 4.23. The predicted molar refractivity (Wildman–Crippen MR) is 76.9 cm³/mol. The van der Waals surface area contributed by atoms with E-state index in [9.17, 15) is 4.39 Å². The zero-order valence-corrected chi connectivity index (χ0v) is 11.5. The smallest absolute Gasteiger partial charge is 0.128 e. The Kier molecular flexibility index (Phi) is 3.35. The standard InChI is InChI=1S/C15H22FN3/c1-11-8-15(14(17)9-13(11)16)19-6-4-18(5-7-19)10-12-2-3-12/h8-9,12H,2-7,10,17H2,1H3. The molecule has 2 fully saturated rings. The van der Waals surface area contributed by atoms with Crippen molar-refractivity contribution in [3.05, 3.63) is 23.5 Å². The van der Waals surface area contributed by atoms with Crippen molar-refractivity contribution in [2.75, 3.05) is 43.4 Å². The minimum Gasteiger partial charge on any atom is -0.397 e. The number of nitrogen functional groups attached to an aromatic ring is 1. The SMILES string of the molecule is Cc1cc(N2CCN(CC3CC3)CC2)c(N)cc1F. The summed E-state index contributed by atoms with van der Waals surface area (Å²) in [5.74, 6) is 0.735. The fourth-order valence-electron chi connectivity index (χ4n) is 2.79. The highest BCUT2D eigenvalue weighted by Gasteiger charge is 2.26. The lowest BCUT2D eigenvalue weighted by Gasteiger charge is -2.36. The number of benzene rings is 1. The number of nitrogens with zero attached hydrogens (tertiary/aromatic N) is 2. The van der Waals surface area contributed by atoms with Crippen LogP contribution in [0.4, 0.5) is 15.8 Å². The van der Waals surface area contributed by atoms with Crippen LogP contribution >= 0.6 is 0 Å². The van der Waals surface area contributed by atoms with Crippen LogP contribution in [0.1, 0.15) is 18.4 Å². The van der Waals surface area contributed by atoms with E-state index in [-0.39, 0.29) is 5.82 Å². The minimum absolute atomic E-state index is 0.214. The fraction of sp³-hybridized carbons (Fsp3) is 0.600. The first kappa shape index (κ1) is 12.7. The Morgan fingerprint density at radius 3 is 2.53 bits per heavy atom. The Morgan fingerprint density at radius 1 is 1.21 bits per heavy atom. The average Bonchev–Trinajstić information content (AvgIpc) is 3.19. The van der Waals surface area contributed by atoms with Gasteiger partial charge < -0.3 is 10.6 Å². The van der Waals surface area contributed by atoms with E-state index in [4.69, 9.17) is 5.73 Å². The van der Waals surface area contributed by atoms with Crippen LogP contribution in [0, 0.1) is 18.7 Å². The van der Waals surface area contributed by atoms with Gasteiger partial charge in [0.05, 0.1) is 11.4 Å². The van der Waals surface area contributed by atoms with E-state index in [1.807, 2.05) is 6.07 Å². The van der Waals surface area contributed by atoms with Crippen LogP contribution in [0.5, 0.6) is 0 Å². The van der Waals surface area contributed by atoms with Crippen molar-refractivity contribution in [2.45, 2.75) is 19.8 Å². The molecule has 0 spiro atoms. The monoisotopic (exact) mass is 263 g/mol. The summed E-state index contributed by atoms with van der Waals surface area (Å²) >= 11 is 0. The minimum atomic E-state index is -0.214. The normalized spacial score (nSPS) is 20.8. The lowest BCUT2D eigenvalue weighted by Crippen LogP contribution is -2.47. The van der Waals surface area contributed by atoms with Crippen molar-refractivity contribution in [2.24, 2.45) is 5.92 Å². The van der Waals surface area contributed by atoms with Crippen LogP contribution in [-0.2, 0) is 0 Å². The number of halogens is 1. The summed E-state index contributed by atoms with van der Waals surface area (Å²) in [4.78, 5) is 4.83. The van der Waals surface area contributed by atoms with E-state index in [0.717, 1.165) is 37.8 Å². The summed E-state index contributed by atoms with van der Waals surface area (Å²) in [5, 5.41) is 0. The van der Waals surface area contributed by atoms with Gasteiger partial charge in [0, 0.05) is 32.7 Å². The van der Waals surface area contributed by atoms with Crippen LogP contribution in [0.2, 0.25) is 0 Å². The van der Waals surface area contributed by atoms with Crippen molar-refractivity contribution >= 4 is 11.4 Å². The molecule has 3 rings (SSSR count). The van der Waals surface area contributed by atoms with Gasteiger partial charge in [-0.1, -0.05) is 0 Å². The molecule has 1 saturated carbocycles. The zero-order chi connectivity index (χ0) is 13.4. The van der Waals surface area contributed by atoms with Crippen molar-refractivity contribution in [3.63, 3.8) is 0 Å². The molecular formula is C15H22FN3. The molecule has 0 atom stereocenters. The molecule has 0 amide bonds. The van der Waals surface area contributed by atoms with E-state index < -0.39 is 0 Å². The van der Waals surface area contributed by atoms with Gasteiger partial charge >= 0.3 is 0 Å². The van der Waals surface area contributed by atoms with Crippen LogP contribution < -0.4 is 10.6 Å². The largest absolute Gasteiger partial charge is 0.397 e. The lowest BCUT2D eigenvalue weighted by molar-refractivity contribution is 0.248. The molecule has 1 aromatic rings. The molecule has 0 unspecified atom stereocenters. The molecule has 1 aliphatic carbocycles. The van der Waals surface area contributed by atoms with Crippen LogP contribution in [0.25, 0.3) is 0 Å². The molecule has 1 heterocycles. The van der Waals surface area contributed by atoms with E-state index in [0.29, 0.717) is 11.3 Å². The summed E-state index contributed by atoms with van der Waals surface area (Å²) in [6, 6.07) is 3.32. The van der Waals surface area contributed by atoms with Crippen molar-refractivity contribution in [1.29, 1.82) is 0 Å². The summed E-state index contributed by atoms with van der Waals surface area (Å²) in [7, 11) is 0. The Balaban J connectivity index is 1.65. The highest BCUT2D eigenvalue weighted by Crippen LogP contribution is 2.31. The van der Waals surface area contributed by atoms with Crippen LogP contribution in [0.3, 0.4) is 0 Å². The van der Waals surface area contributed by atoms with Gasteiger partial charge in [-0.3, -0.25) is 4.90 Å². The molecule has 0 radical (unpaired) electrons. The lowest BCUT2D eigenvalue weighted by atomic mass is 10.1. The zero-order valence-electron chi connectivity index (χ0n) is 11.5. The number of anilines is 2. The highest BCUT2D eigenvalue weighted by atomic mass is 19.1. The molecule has 3 nitrogen and oxygen atoms in total. The van der Waals surface area contributed by atoms with Crippen molar-refractivity contribution in [3.8, 4) is 0 Å². The van der Waals surface area contributed by atoms with Gasteiger partial charge in [0.1, 0.15) is 5.82 Å². The maximum atomic E-state index is 13.4. The van der Waals surface area contributed by atoms with Gasteiger partial charge in [-0.25, -0.2) is 4.39 Å². The van der Waals surface area contributed by atoms with Gasteiger partial charge in [0.2, 0.25) is 0 Å². The summed E-state index contributed by atoms with van der Waals surface area (Å²) in [6.07, 6.45) is 2.81. The maximum absolute atomic E-state index is 13.4. The molecule has 1 aromatic carbocycles. The van der Waals surface area contributed by atoms with E-state index in [2.05, 4.69) is 9.80 Å². The summed E-state index contributed by atoms with van der Waals surface area (Å²) < 4.78 is 13.4. The Labute approximate surface area is 114 Å². The van der Waals surface area contributed by atoms with Gasteiger partial charge in [-0.05, 0) is 43.4 Å². The first-order valence-electron chi connectivity index (χ1n) is 7.16. The molecule has 0 bridgehead atoms. The molecule has 2 N–H and O–H groups in total. The number of hydrogen-bond donors (Lipinski definition) is 1. The highest BCUT2D eigenvalue weighted by molar-refractivity contribution is 5.69. The van der Waals surface area contributed by atoms with Crippen LogP contribution in [0.15, 0.2) is 12.1 Å². The number of rotatable bonds is 3. The fourth-order valence-corrected chi connectivity index (χ4v) is 2.79. The number of nitrogens with two attached hydrogens (primary N) is 1. The molecule has 1 aliphatic heterocycles. The first-order chi connectivity index (χ1) is 9.13. The van der Waals surface area contributed by atoms with Gasteiger partial charge in [0.25, 0.3) is 0 Å². The first-order valence-corrected chi connectivity index (χ1v) is 7.16. The van der Waals surface area contributed by atoms with Crippen molar-refractivity contribution in [1.82, 2.24) is 4.90 Å². The maximum Gasteiger partial charge on any atom is 0.128 e. The predicted octanol–water partition coefficient (Wildman–Crippen LogP) is 2.25. The Bertz CT molecular complexity index is 463. The second-order valence-electron chi connectivity index (χ2n) is 5.89. The average molecular weight is 263 g/mol. The Morgan fingerprint density at radius 2 is 1.89 bits per heavy atom. The van der Waals surface area contributed by atoms with E-state index in [1.165, 1.54) is 25.5 Å². The second kappa shape index (κ2) is 5.00. The molecule has 19 heavy (non-hydrogen) atoms. The van der Waals surface area contributed by atoms with E-state index in [1.54, 1.807) is 6.92 Å². The molecule has 1 saturated heterocycles. The number of aryl methyl sites for hydroxylation is 1. The molecular weight excluding hydrogens is 241 g/mol. The molecule has 104 valence electrons. The second-order valence-corrected chi connectivity index (χ2v) is 5.89. The topological polar surface area (TPSA) is 32.5 Å². The molecule has 2 aliphatic rings. The number of hydrogen-bond acceptors (Lipinski definition) is 3. The Hall–Kier alpha value is -1.29. The van der Waals surface area contributed by atoms with Crippen LogP contribution in [-0.4, -0.2) is 37.6 Å². The molecule has 0 aromatic heterocycles.